The number of fused-ring (bicyclic) bond motifs is 1. The highest BCUT2D eigenvalue weighted by atomic mass is 16.1. The number of carbonyl (C=O) groups excluding carboxylic acids is 1. The molecule has 0 aliphatic heterocycles. The number of Topliss-reactive ketones (excluding diaryl/α,β-unsaturated/α-hetero) is 1. The fourth-order valence-corrected chi connectivity index (χ4v) is 2.46. The smallest absolute Gasteiger partial charge is 0.170 e. The molecule has 20 heavy (non-hydrogen) atoms. The van der Waals surface area contributed by atoms with Gasteiger partial charge in [-0.2, -0.15) is 0 Å². The first-order valence-corrected chi connectivity index (χ1v) is 6.80. The minimum Gasteiger partial charge on any atom is -0.346 e. The Balaban J connectivity index is 2.00. The first-order valence-electron chi connectivity index (χ1n) is 6.80. The molecule has 0 bridgehead atoms. The van der Waals surface area contributed by atoms with Gasteiger partial charge in [-0.15, -0.1) is 0 Å². The Labute approximate surface area is 117 Å². The average molecular weight is 264 g/mol. The van der Waals surface area contributed by atoms with E-state index in [0.29, 0.717) is 12.0 Å². The summed E-state index contributed by atoms with van der Waals surface area (Å²) in [6.45, 7) is 2.90. The summed E-state index contributed by atoms with van der Waals surface area (Å²) in [5.74, 6) is 0.118. The van der Waals surface area contributed by atoms with E-state index in [2.05, 4.69) is 16.5 Å². The molecule has 0 saturated heterocycles. The third-order valence-corrected chi connectivity index (χ3v) is 3.48. The van der Waals surface area contributed by atoms with E-state index in [0.717, 1.165) is 23.1 Å². The molecule has 2 aromatic heterocycles. The molecule has 1 aromatic carbocycles. The molecule has 0 atom stereocenters. The lowest BCUT2D eigenvalue weighted by molar-refractivity contribution is 0.0994. The predicted octanol–water partition coefficient (Wildman–Crippen LogP) is 3.48. The van der Waals surface area contributed by atoms with E-state index in [1.54, 1.807) is 6.20 Å². The molecule has 0 amide bonds. The normalized spacial score (nSPS) is 10.8. The van der Waals surface area contributed by atoms with E-state index in [4.69, 9.17) is 0 Å². The average Bonchev–Trinajstić information content (AvgIpc) is 2.87. The molecule has 0 saturated carbocycles. The van der Waals surface area contributed by atoms with Crippen LogP contribution >= 0.6 is 0 Å². The number of nitrogens with zero attached hydrogens (tertiary/aromatic N) is 2. The third kappa shape index (κ3) is 2.23. The summed E-state index contributed by atoms with van der Waals surface area (Å²) in [5.41, 5.74) is 3.57. The summed E-state index contributed by atoms with van der Waals surface area (Å²) < 4.78 is 2.07. The fourth-order valence-electron chi connectivity index (χ4n) is 2.46. The summed E-state index contributed by atoms with van der Waals surface area (Å²) in [6.07, 6.45) is 4.07. The molecule has 3 heteroatoms. The lowest BCUT2D eigenvalue weighted by Crippen LogP contribution is -2.03. The van der Waals surface area contributed by atoms with Gasteiger partial charge in [0.15, 0.2) is 5.78 Å². The topological polar surface area (TPSA) is 34.9 Å². The van der Waals surface area contributed by atoms with Gasteiger partial charge >= 0.3 is 0 Å². The van der Waals surface area contributed by atoms with Crippen LogP contribution in [0.1, 0.15) is 22.8 Å². The van der Waals surface area contributed by atoms with Crippen LogP contribution in [0.5, 0.6) is 0 Å². The van der Waals surface area contributed by atoms with Crippen molar-refractivity contribution in [1.82, 2.24) is 9.55 Å². The van der Waals surface area contributed by atoms with Crippen molar-refractivity contribution in [1.29, 1.82) is 0 Å². The number of rotatable bonds is 4. The number of carbonyl (C=O) groups is 1. The van der Waals surface area contributed by atoms with Crippen molar-refractivity contribution in [3.63, 3.8) is 0 Å². The molecule has 0 aliphatic rings. The highest BCUT2D eigenvalue weighted by Gasteiger charge is 2.15. The van der Waals surface area contributed by atoms with E-state index in [1.807, 2.05) is 48.7 Å². The number of hydrogen-bond donors (Lipinski definition) is 0. The van der Waals surface area contributed by atoms with Gasteiger partial charge in [0.05, 0.1) is 16.6 Å². The molecule has 0 N–H and O–H groups in total. The second-order valence-electron chi connectivity index (χ2n) is 4.79. The number of aromatic nitrogens is 2. The molecule has 0 unspecified atom stereocenters. The maximum atomic E-state index is 12.5. The Morgan fingerprint density at radius 3 is 2.70 bits per heavy atom. The molecule has 0 fully saturated rings. The van der Waals surface area contributed by atoms with E-state index >= 15 is 0 Å². The quantitative estimate of drug-likeness (QED) is 0.676. The van der Waals surface area contributed by atoms with Gasteiger partial charge in [-0.1, -0.05) is 30.3 Å². The zero-order chi connectivity index (χ0) is 13.9. The highest BCUT2D eigenvalue weighted by molar-refractivity contribution is 6.07. The van der Waals surface area contributed by atoms with Crippen LogP contribution in [0, 0.1) is 0 Å². The number of hydrogen-bond acceptors (Lipinski definition) is 2. The lowest BCUT2D eigenvalue weighted by Gasteiger charge is -1.99. The molecule has 0 aliphatic carbocycles. The van der Waals surface area contributed by atoms with Crippen LogP contribution in [-0.2, 0) is 13.0 Å². The van der Waals surface area contributed by atoms with Crippen LogP contribution in [0.15, 0.2) is 54.9 Å². The van der Waals surface area contributed by atoms with Crippen molar-refractivity contribution in [2.45, 2.75) is 19.9 Å². The standard InChI is InChI=1S/C17H16N2O/c1-2-19-12-14(17-15(19)9-6-10-18-17)16(20)11-13-7-4-3-5-8-13/h3-10,12H,2,11H2,1H3. The first kappa shape index (κ1) is 12.6. The molecule has 3 nitrogen and oxygen atoms in total. The van der Waals surface area contributed by atoms with Gasteiger partial charge in [0.25, 0.3) is 0 Å². The largest absolute Gasteiger partial charge is 0.346 e. The number of benzene rings is 1. The van der Waals surface area contributed by atoms with Crippen molar-refractivity contribution >= 4 is 16.8 Å². The van der Waals surface area contributed by atoms with Crippen LogP contribution in [0.25, 0.3) is 11.0 Å². The fraction of sp³-hybridized carbons (Fsp3) is 0.176. The second-order valence-corrected chi connectivity index (χ2v) is 4.79. The van der Waals surface area contributed by atoms with Crippen LogP contribution in [0.3, 0.4) is 0 Å². The zero-order valence-electron chi connectivity index (χ0n) is 11.4. The summed E-state index contributed by atoms with van der Waals surface area (Å²) in [7, 11) is 0. The van der Waals surface area contributed by atoms with Gasteiger partial charge in [-0.3, -0.25) is 9.78 Å². The van der Waals surface area contributed by atoms with Crippen molar-refractivity contribution in [3.05, 3.63) is 66.0 Å². The Bertz CT molecular complexity index is 744. The van der Waals surface area contributed by atoms with E-state index in [9.17, 15) is 4.79 Å². The summed E-state index contributed by atoms with van der Waals surface area (Å²) in [6, 6.07) is 13.7. The van der Waals surface area contributed by atoms with Gasteiger partial charge < -0.3 is 4.57 Å². The molecular formula is C17H16N2O. The molecule has 100 valence electrons. The number of pyridine rings is 1. The van der Waals surface area contributed by atoms with Crippen molar-refractivity contribution in [2.75, 3.05) is 0 Å². The maximum absolute atomic E-state index is 12.5. The molecule has 3 aromatic rings. The van der Waals surface area contributed by atoms with Crippen molar-refractivity contribution in [2.24, 2.45) is 0 Å². The summed E-state index contributed by atoms with van der Waals surface area (Å²) in [4.78, 5) is 16.9. The Kier molecular flexibility index (Phi) is 3.33. The highest BCUT2D eigenvalue weighted by Crippen LogP contribution is 2.20. The first-order chi connectivity index (χ1) is 9.79. The van der Waals surface area contributed by atoms with E-state index in [-0.39, 0.29) is 5.78 Å². The van der Waals surface area contributed by atoms with Crippen molar-refractivity contribution in [3.8, 4) is 0 Å². The van der Waals surface area contributed by atoms with Crippen molar-refractivity contribution < 1.29 is 4.79 Å². The lowest BCUT2D eigenvalue weighted by atomic mass is 10.0. The van der Waals surface area contributed by atoms with Gasteiger partial charge in [0.1, 0.15) is 0 Å². The minimum absolute atomic E-state index is 0.118. The van der Waals surface area contributed by atoms with Gasteiger partial charge in [-0.25, -0.2) is 0 Å². The molecule has 3 rings (SSSR count). The Morgan fingerprint density at radius 2 is 1.95 bits per heavy atom. The van der Waals surface area contributed by atoms with E-state index in [1.165, 1.54) is 0 Å². The second kappa shape index (κ2) is 5.29. The summed E-state index contributed by atoms with van der Waals surface area (Å²) in [5, 5.41) is 0. The molecule has 0 spiro atoms. The Hall–Kier alpha value is -2.42. The van der Waals surface area contributed by atoms with Crippen LogP contribution < -0.4 is 0 Å². The molecular weight excluding hydrogens is 248 g/mol. The molecule has 2 heterocycles. The van der Waals surface area contributed by atoms with Crippen LogP contribution in [0.4, 0.5) is 0 Å². The van der Waals surface area contributed by atoms with Gasteiger partial charge in [0, 0.05) is 25.4 Å². The zero-order valence-corrected chi connectivity index (χ0v) is 11.4. The van der Waals surface area contributed by atoms with Crippen LogP contribution in [0.2, 0.25) is 0 Å². The van der Waals surface area contributed by atoms with Gasteiger partial charge in [-0.05, 0) is 24.6 Å². The number of ketones is 1. The number of aryl methyl sites for hydroxylation is 1. The predicted molar refractivity (Wildman–Crippen MR) is 79.9 cm³/mol. The Morgan fingerprint density at radius 1 is 1.15 bits per heavy atom. The SMILES string of the molecule is CCn1cc(C(=O)Cc2ccccc2)c2ncccc21. The summed E-state index contributed by atoms with van der Waals surface area (Å²) >= 11 is 0. The third-order valence-electron chi connectivity index (χ3n) is 3.48. The van der Waals surface area contributed by atoms with Gasteiger partial charge in [0.2, 0.25) is 0 Å². The maximum Gasteiger partial charge on any atom is 0.170 e. The van der Waals surface area contributed by atoms with E-state index < -0.39 is 0 Å². The van der Waals surface area contributed by atoms with Crippen LogP contribution in [-0.4, -0.2) is 15.3 Å². The minimum atomic E-state index is 0.118. The molecule has 0 radical (unpaired) electrons. The monoisotopic (exact) mass is 264 g/mol.